The molecule has 36 heavy (non-hydrogen) atoms. The number of benzene rings is 4. The zero-order chi connectivity index (χ0) is 25.7. The predicted molar refractivity (Wildman–Crippen MR) is 144 cm³/mol. The molecule has 0 unspecified atom stereocenters. The van der Waals surface area contributed by atoms with Crippen LogP contribution in [0.3, 0.4) is 0 Å². The Bertz CT molecular complexity index is 1440. The van der Waals surface area contributed by atoms with Gasteiger partial charge in [0, 0.05) is 0 Å². The Hall–Kier alpha value is -3.90. The maximum absolute atomic E-state index is 13.7. The number of aryl methyl sites for hydroxylation is 3. The molecule has 6 heteroatoms. The number of nitrogens with one attached hydrogen (secondary N) is 1. The summed E-state index contributed by atoms with van der Waals surface area (Å²) in [4.78, 5) is 13.6. The molecule has 4 rings (SSSR count). The van der Waals surface area contributed by atoms with Crippen molar-refractivity contribution in [3.8, 4) is 0 Å². The van der Waals surface area contributed by atoms with E-state index in [4.69, 9.17) is 0 Å². The molecule has 1 amide bonds. The van der Waals surface area contributed by atoms with Crippen molar-refractivity contribution in [1.82, 2.24) is 5.32 Å². The first-order valence-electron chi connectivity index (χ1n) is 11.8. The zero-order valence-corrected chi connectivity index (χ0v) is 21.5. The second-order valence-corrected chi connectivity index (χ2v) is 10.8. The van der Waals surface area contributed by atoms with E-state index in [1.807, 2.05) is 87.5 Å². The SMILES string of the molecule is Cc1ccc([C@H](NC(=O)CN(c2cc(C)ccc2C)S(=O)(=O)c2ccccc2)c2ccccc2)cc1. The zero-order valence-electron chi connectivity index (χ0n) is 20.7. The Morgan fingerprint density at radius 3 is 1.94 bits per heavy atom. The van der Waals surface area contributed by atoms with Gasteiger partial charge in [0.1, 0.15) is 6.54 Å². The molecular weight excluding hydrogens is 468 g/mol. The molecule has 5 nitrogen and oxygen atoms in total. The van der Waals surface area contributed by atoms with E-state index in [2.05, 4.69) is 5.32 Å². The van der Waals surface area contributed by atoms with Crippen LogP contribution in [-0.4, -0.2) is 20.9 Å². The third-order valence-electron chi connectivity index (χ3n) is 6.10. The number of anilines is 1. The highest BCUT2D eigenvalue weighted by molar-refractivity contribution is 7.92. The summed E-state index contributed by atoms with van der Waals surface area (Å²) in [6.45, 7) is 5.41. The monoisotopic (exact) mass is 498 g/mol. The minimum atomic E-state index is -3.99. The molecule has 0 fully saturated rings. The average Bonchev–Trinajstić information content (AvgIpc) is 2.89. The van der Waals surface area contributed by atoms with Gasteiger partial charge in [0.2, 0.25) is 5.91 Å². The van der Waals surface area contributed by atoms with Gasteiger partial charge in [-0.15, -0.1) is 0 Å². The lowest BCUT2D eigenvalue weighted by molar-refractivity contribution is -0.120. The summed E-state index contributed by atoms with van der Waals surface area (Å²) in [7, 11) is -3.99. The average molecular weight is 499 g/mol. The normalized spacial score (nSPS) is 12.1. The van der Waals surface area contributed by atoms with E-state index in [0.717, 1.165) is 27.8 Å². The van der Waals surface area contributed by atoms with Gasteiger partial charge >= 0.3 is 0 Å². The van der Waals surface area contributed by atoms with Crippen molar-refractivity contribution in [2.45, 2.75) is 31.7 Å². The number of carbonyl (C=O) groups is 1. The Balaban J connectivity index is 1.71. The molecule has 0 radical (unpaired) electrons. The molecular formula is C30H30N2O3S. The minimum Gasteiger partial charge on any atom is -0.344 e. The molecule has 0 aromatic heterocycles. The Kier molecular flexibility index (Phi) is 7.55. The van der Waals surface area contributed by atoms with Gasteiger partial charge in [-0.3, -0.25) is 9.10 Å². The van der Waals surface area contributed by atoms with E-state index in [-0.39, 0.29) is 11.4 Å². The van der Waals surface area contributed by atoms with Crippen LogP contribution in [0.2, 0.25) is 0 Å². The maximum atomic E-state index is 13.7. The highest BCUT2D eigenvalue weighted by atomic mass is 32.2. The van der Waals surface area contributed by atoms with Crippen molar-refractivity contribution in [1.29, 1.82) is 0 Å². The number of rotatable bonds is 8. The van der Waals surface area contributed by atoms with Crippen molar-refractivity contribution in [2.75, 3.05) is 10.8 Å². The third-order valence-corrected chi connectivity index (χ3v) is 7.87. The van der Waals surface area contributed by atoms with Crippen molar-refractivity contribution in [3.05, 3.63) is 131 Å². The highest BCUT2D eigenvalue weighted by Gasteiger charge is 2.29. The maximum Gasteiger partial charge on any atom is 0.264 e. The smallest absolute Gasteiger partial charge is 0.264 e. The van der Waals surface area contributed by atoms with Crippen LogP contribution < -0.4 is 9.62 Å². The minimum absolute atomic E-state index is 0.136. The summed E-state index contributed by atoms with van der Waals surface area (Å²) in [5.41, 5.74) is 5.12. The molecule has 1 atom stereocenters. The Labute approximate surface area is 213 Å². The van der Waals surface area contributed by atoms with Gasteiger partial charge in [-0.25, -0.2) is 8.42 Å². The number of sulfonamides is 1. The molecule has 0 aliphatic carbocycles. The topological polar surface area (TPSA) is 66.5 Å². The first-order chi connectivity index (χ1) is 17.3. The molecule has 1 N–H and O–H groups in total. The van der Waals surface area contributed by atoms with E-state index < -0.39 is 22.0 Å². The van der Waals surface area contributed by atoms with Crippen LogP contribution >= 0.6 is 0 Å². The van der Waals surface area contributed by atoms with Crippen molar-refractivity contribution in [2.24, 2.45) is 0 Å². The van der Waals surface area contributed by atoms with Gasteiger partial charge in [-0.1, -0.05) is 90.5 Å². The van der Waals surface area contributed by atoms with Crippen molar-refractivity contribution >= 4 is 21.6 Å². The van der Waals surface area contributed by atoms with Crippen LogP contribution in [0, 0.1) is 20.8 Å². The summed E-state index contributed by atoms with van der Waals surface area (Å²) in [6.07, 6.45) is 0. The van der Waals surface area contributed by atoms with E-state index >= 15 is 0 Å². The fourth-order valence-corrected chi connectivity index (χ4v) is 5.61. The predicted octanol–water partition coefficient (Wildman–Crippen LogP) is 5.71. The van der Waals surface area contributed by atoms with Gasteiger partial charge in [-0.2, -0.15) is 0 Å². The molecule has 0 saturated heterocycles. The standard InChI is InChI=1S/C30H30N2O3S/c1-22-15-18-26(19-16-22)30(25-10-6-4-7-11-25)31-29(33)21-32(28-20-23(2)14-17-24(28)3)36(34,35)27-12-8-5-9-13-27/h4-20,30H,21H2,1-3H3,(H,31,33)/t30-/m1/s1. The van der Waals surface area contributed by atoms with E-state index in [0.29, 0.717) is 5.69 Å². The molecule has 4 aromatic rings. The summed E-state index contributed by atoms with van der Waals surface area (Å²) in [5, 5.41) is 3.08. The van der Waals surface area contributed by atoms with Gasteiger partial charge in [-0.05, 0) is 61.2 Å². The summed E-state index contributed by atoms with van der Waals surface area (Å²) in [5.74, 6) is -0.398. The van der Waals surface area contributed by atoms with E-state index in [1.54, 1.807) is 36.4 Å². The van der Waals surface area contributed by atoms with Crippen LogP contribution in [-0.2, 0) is 14.8 Å². The van der Waals surface area contributed by atoms with Crippen molar-refractivity contribution < 1.29 is 13.2 Å². The first-order valence-corrected chi connectivity index (χ1v) is 13.3. The van der Waals surface area contributed by atoms with Gasteiger partial charge in [0.15, 0.2) is 0 Å². The van der Waals surface area contributed by atoms with Crippen LogP contribution in [0.5, 0.6) is 0 Å². The van der Waals surface area contributed by atoms with Crippen molar-refractivity contribution in [3.63, 3.8) is 0 Å². The van der Waals surface area contributed by atoms with Crippen LogP contribution in [0.4, 0.5) is 5.69 Å². The first kappa shape index (κ1) is 25.2. The van der Waals surface area contributed by atoms with Crippen LogP contribution in [0.1, 0.15) is 33.9 Å². The summed E-state index contributed by atoms with van der Waals surface area (Å²) in [6, 6.07) is 31.0. The van der Waals surface area contributed by atoms with E-state index in [9.17, 15) is 13.2 Å². The second kappa shape index (κ2) is 10.8. The third kappa shape index (κ3) is 5.66. The molecule has 0 aliphatic heterocycles. The highest BCUT2D eigenvalue weighted by Crippen LogP contribution is 2.28. The molecule has 4 aromatic carbocycles. The van der Waals surface area contributed by atoms with E-state index in [1.165, 1.54) is 4.31 Å². The largest absolute Gasteiger partial charge is 0.344 e. The van der Waals surface area contributed by atoms with Gasteiger partial charge in [0.05, 0.1) is 16.6 Å². The number of nitrogens with zero attached hydrogens (tertiary/aromatic N) is 1. The lowest BCUT2D eigenvalue weighted by atomic mass is 9.98. The molecule has 0 saturated carbocycles. The lowest BCUT2D eigenvalue weighted by Crippen LogP contribution is -2.42. The Morgan fingerprint density at radius 1 is 0.750 bits per heavy atom. The quantitative estimate of drug-likeness (QED) is 0.338. The number of carbonyl (C=O) groups excluding carboxylic acids is 1. The van der Waals surface area contributed by atoms with Crippen LogP contribution in [0.25, 0.3) is 0 Å². The van der Waals surface area contributed by atoms with Gasteiger partial charge in [0.25, 0.3) is 10.0 Å². The molecule has 0 bridgehead atoms. The molecule has 0 spiro atoms. The van der Waals surface area contributed by atoms with Crippen LogP contribution in [0.15, 0.2) is 108 Å². The summed E-state index contributed by atoms with van der Waals surface area (Å²) >= 11 is 0. The lowest BCUT2D eigenvalue weighted by Gasteiger charge is -2.27. The fourth-order valence-electron chi connectivity index (χ4n) is 4.11. The molecule has 184 valence electrons. The van der Waals surface area contributed by atoms with Gasteiger partial charge < -0.3 is 5.32 Å². The number of amides is 1. The summed E-state index contributed by atoms with van der Waals surface area (Å²) < 4.78 is 28.7. The molecule has 0 heterocycles. The number of hydrogen-bond acceptors (Lipinski definition) is 3. The Morgan fingerprint density at radius 2 is 1.31 bits per heavy atom. The number of hydrogen-bond donors (Lipinski definition) is 1. The second-order valence-electron chi connectivity index (χ2n) is 8.94. The molecule has 0 aliphatic rings. The fraction of sp³-hybridized carbons (Fsp3) is 0.167.